The average Bonchev–Trinajstić information content (AvgIpc) is 2.57. The number of hydrogen-bond donors (Lipinski definition) is 1. The van der Waals surface area contributed by atoms with E-state index in [9.17, 15) is 4.79 Å². The van der Waals surface area contributed by atoms with E-state index in [0.717, 1.165) is 5.46 Å². The quantitative estimate of drug-likeness (QED) is 0.865. The van der Waals surface area contributed by atoms with Crippen molar-refractivity contribution in [1.82, 2.24) is 0 Å². The van der Waals surface area contributed by atoms with Crippen LogP contribution in [0.2, 0.25) is 0 Å². The number of benzene rings is 1. The minimum Gasteiger partial charge on any atom is -0.495 e. The number of hydrogen-bond acceptors (Lipinski definition) is 4. The van der Waals surface area contributed by atoms with Crippen LogP contribution in [-0.2, 0) is 14.1 Å². The maximum Gasteiger partial charge on any atom is 0.498 e. The first-order chi connectivity index (χ1) is 9.68. The third kappa shape index (κ3) is 2.92. The Labute approximate surface area is 126 Å². The van der Waals surface area contributed by atoms with E-state index >= 15 is 0 Å². The van der Waals surface area contributed by atoms with Gasteiger partial charge in [0.2, 0.25) is 5.91 Å². The van der Waals surface area contributed by atoms with Gasteiger partial charge in [0.1, 0.15) is 5.75 Å². The number of methoxy groups -OCH3 is 1. The Morgan fingerprint density at radius 1 is 1.19 bits per heavy atom. The van der Waals surface area contributed by atoms with E-state index in [1.807, 2.05) is 39.8 Å². The lowest BCUT2D eigenvalue weighted by Gasteiger charge is -2.32. The van der Waals surface area contributed by atoms with E-state index in [0.29, 0.717) is 11.4 Å². The van der Waals surface area contributed by atoms with E-state index in [1.54, 1.807) is 13.2 Å². The minimum absolute atomic E-state index is 0.153. The Balaban J connectivity index is 2.39. The molecule has 0 bridgehead atoms. The molecule has 1 N–H and O–H groups in total. The van der Waals surface area contributed by atoms with Gasteiger partial charge in [-0.3, -0.25) is 4.79 Å². The monoisotopic (exact) mass is 291 g/mol. The van der Waals surface area contributed by atoms with Gasteiger partial charge in [0.05, 0.1) is 24.0 Å². The lowest BCUT2D eigenvalue weighted by atomic mass is 9.78. The molecule has 0 unspecified atom stereocenters. The molecule has 5 nitrogen and oxygen atoms in total. The maximum absolute atomic E-state index is 11.3. The van der Waals surface area contributed by atoms with Crippen LogP contribution in [-0.4, -0.2) is 31.3 Å². The van der Waals surface area contributed by atoms with Gasteiger partial charge in [-0.1, -0.05) is 12.1 Å². The molecular formula is C15H22BNO4. The van der Waals surface area contributed by atoms with Gasteiger partial charge < -0.3 is 19.4 Å². The van der Waals surface area contributed by atoms with E-state index in [2.05, 4.69) is 5.32 Å². The highest BCUT2D eigenvalue weighted by Gasteiger charge is 2.52. The highest BCUT2D eigenvalue weighted by molar-refractivity contribution is 6.63. The molecule has 1 saturated heterocycles. The second-order valence-corrected chi connectivity index (χ2v) is 6.20. The Hall–Kier alpha value is -1.53. The summed E-state index contributed by atoms with van der Waals surface area (Å²) in [5.41, 5.74) is 0.527. The van der Waals surface area contributed by atoms with E-state index in [1.165, 1.54) is 6.92 Å². The van der Waals surface area contributed by atoms with Gasteiger partial charge in [0, 0.05) is 12.4 Å². The molecule has 1 heterocycles. The second-order valence-electron chi connectivity index (χ2n) is 6.20. The molecular weight excluding hydrogens is 269 g/mol. The summed E-state index contributed by atoms with van der Waals surface area (Å²) in [6.45, 7) is 9.45. The van der Waals surface area contributed by atoms with Gasteiger partial charge in [-0.05, 0) is 33.8 Å². The van der Waals surface area contributed by atoms with Crippen LogP contribution in [0.1, 0.15) is 34.6 Å². The molecule has 1 aliphatic heterocycles. The van der Waals surface area contributed by atoms with Gasteiger partial charge >= 0.3 is 7.12 Å². The summed E-state index contributed by atoms with van der Waals surface area (Å²) in [5, 5.41) is 2.75. The molecule has 6 heteroatoms. The minimum atomic E-state index is -0.529. The summed E-state index contributed by atoms with van der Waals surface area (Å²) in [4.78, 5) is 11.3. The van der Waals surface area contributed by atoms with Crippen LogP contribution in [0.15, 0.2) is 18.2 Å². The number of amides is 1. The number of nitrogens with one attached hydrogen (secondary N) is 1. The molecule has 0 aliphatic carbocycles. The summed E-state index contributed by atoms with van der Waals surface area (Å²) in [6, 6.07) is 5.51. The zero-order chi connectivity index (χ0) is 15.8. The SMILES string of the molecule is COc1c(NC(C)=O)cccc1B1OC(C)(C)C(C)(C)O1. The Morgan fingerprint density at radius 3 is 2.24 bits per heavy atom. The van der Waals surface area contributed by atoms with Crippen LogP contribution in [0.5, 0.6) is 5.75 Å². The van der Waals surface area contributed by atoms with Crippen molar-refractivity contribution in [1.29, 1.82) is 0 Å². The molecule has 0 radical (unpaired) electrons. The summed E-state index contributed by atoms with van der Waals surface area (Å²) in [6.07, 6.45) is 0. The number of anilines is 1. The number of para-hydroxylation sites is 1. The van der Waals surface area contributed by atoms with Gasteiger partial charge in [-0.15, -0.1) is 0 Å². The van der Waals surface area contributed by atoms with E-state index in [4.69, 9.17) is 14.0 Å². The molecule has 21 heavy (non-hydrogen) atoms. The maximum atomic E-state index is 11.3. The van der Waals surface area contributed by atoms with Crippen molar-refractivity contribution in [3.63, 3.8) is 0 Å². The van der Waals surface area contributed by atoms with Crippen molar-refractivity contribution in [2.24, 2.45) is 0 Å². The smallest absolute Gasteiger partial charge is 0.495 e. The Bertz CT molecular complexity index is 541. The molecule has 0 atom stereocenters. The second kappa shape index (κ2) is 5.35. The van der Waals surface area contributed by atoms with Gasteiger partial charge in [0.15, 0.2) is 0 Å². The number of carbonyl (C=O) groups excluding carboxylic acids is 1. The Kier molecular flexibility index (Phi) is 4.04. The van der Waals surface area contributed by atoms with Gasteiger partial charge in [0.25, 0.3) is 0 Å². The van der Waals surface area contributed by atoms with E-state index < -0.39 is 18.3 Å². The first kappa shape index (κ1) is 15.9. The van der Waals surface area contributed by atoms with Gasteiger partial charge in [-0.25, -0.2) is 0 Å². The van der Waals surface area contributed by atoms with Gasteiger partial charge in [-0.2, -0.15) is 0 Å². The first-order valence-corrected chi connectivity index (χ1v) is 6.98. The van der Waals surface area contributed by atoms with Crippen molar-refractivity contribution in [3.8, 4) is 5.75 Å². The van der Waals surface area contributed by atoms with Crippen LogP contribution in [0.4, 0.5) is 5.69 Å². The predicted octanol–water partition coefficient (Wildman–Crippen LogP) is 1.95. The van der Waals surface area contributed by atoms with Crippen molar-refractivity contribution in [2.45, 2.75) is 45.8 Å². The van der Waals surface area contributed by atoms with Crippen LogP contribution in [0, 0.1) is 0 Å². The lowest BCUT2D eigenvalue weighted by molar-refractivity contribution is -0.114. The summed E-state index contributed by atoms with van der Waals surface area (Å²) in [5.74, 6) is 0.408. The fraction of sp³-hybridized carbons (Fsp3) is 0.533. The normalized spacial score (nSPS) is 19.4. The molecule has 0 spiro atoms. The van der Waals surface area contributed by atoms with Crippen molar-refractivity contribution in [2.75, 3.05) is 12.4 Å². The molecule has 1 aromatic rings. The molecule has 1 aromatic carbocycles. The molecule has 0 saturated carbocycles. The van der Waals surface area contributed by atoms with Crippen molar-refractivity contribution < 1.29 is 18.8 Å². The summed E-state index contributed by atoms with van der Waals surface area (Å²) in [7, 11) is 1.04. The topological polar surface area (TPSA) is 56.8 Å². The van der Waals surface area contributed by atoms with Crippen molar-refractivity contribution >= 4 is 24.2 Å². The highest BCUT2D eigenvalue weighted by atomic mass is 16.7. The standard InChI is InChI=1S/C15H22BNO4/c1-10(18)17-12-9-7-8-11(13(12)19-6)16-20-14(2,3)15(4,5)21-16/h7-9H,1-6H3,(H,17,18). The molecule has 0 aromatic heterocycles. The average molecular weight is 291 g/mol. The fourth-order valence-electron chi connectivity index (χ4n) is 2.23. The molecule has 1 amide bonds. The zero-order valence-corrected chi connectivity index (χ0v) is 13.4. The lowest BCUT2D eigenvalue weighted by Crippen LogP contribution is -2.41. The fourth-order valence-corrected chi connectivity index (χ4v) is 2.23. The molecule has 2 rings (SSSR count). The molecule has 114 valence electrons. The van der Waals surface area contributed by atoms with Crippen LogP contribution >= 0.6 is 0 Å². The van der Waals surface area contributed by atoms with E-state index in [-0.39, 0.29) is 5.91 Å². The molecule has 1 fully saturated rings. The zero-order valence-electron chi connectivity index (χ0n) is 13.4. The number of ether oxygens (including phenoxy) is 1. The van der Waals surface area contributed by atoms with Crippen LogP contribution in [0.25, 0.3) is 0 Å². The number of rotatable bonds is 3. The van der Waals surface area contributed by atoms with Crippen LogP contribution < -0.4 is 15.5 Å². The summed E-state index contributed by atoms with van der Waals surface area (Å²) < 4.78 is 17.5. The summed E-state index contributed by atoms with van der Waals surface area (Å²) >= 11 is 0. The first-order valence-electron chi connectivity index (χ1n) is 6.98. The highest BCUT2D eigenvalue weighted by Crippen LogP contribution is 2.37. The molecule has 1 aliphatic rings. The van der Waals surface area contributed by atoms with Crippen LogP contribution in [0.3, 0.4) is 0 Å². The largest absolute Gasteiger partial charge is 0.498 e. The predicted molar refractivity (Wildman–Crippen MR) is 83.0 cm³/mol. The van der Waals surface area contributed by atoms with Crippen molar-refractivity contribution in [3.05, 3.63) is 18.2 Å². The number of carbonyl (C=O) groups is 1. The third-order valence-electron chi connectivity index (χ3n) is 4.07. The third-order valence-corrected chi connectivity index (χ3v) is 4.07. The Morgan fingerprint density at radius 2 is 1.76 bits per heavy atom.